The van der Waals surface area contributed by atoms with E-state index in [9.17, 15) is 19.5 Å². The minimum atomic E-state index is -2.73. The Balaban J connectivity index is 2.49. The Morgan fingerprint density at radius 1 is 0.543 bits per heavy atom. The van der Waals surface area contributed by atoms with Gasteiger partial charge in [-0.25, -0.2) is 14.7 Å². The molecule has 0 aliphatic rings. The van der Waals surface area contributed by atoms with Crippen LogP contribution in [-0.4, -0.2) is 28.8 Å². The highest BCUT2D eigenvalue weighted by atomic mass is 16.4. The maximum absolute atomic E-state index is 13.4. The van der Waals surface area contributed by atoms with Gasteiger partial charge in [0.15, 0.2) is 0 Å². The predicted octanol–water partition coefficient (Wildman–Crippen LogP) is 4.25. The average molecular weight is 468 g/mol. The number of rotatable bonds is 9. The van der Waals surface area contributed by atoms with Crippen LogP contribution in [0.2, 0.25) is 0 Å². The number of aliphatic hydroxyl groups is 1. The van der Waals surface area contributed by atoms with Gasteiger partial charge in [0.25, 0.3) is 17.7 Å². The summed E-state index contributed by atoms with van der Waals surface area (Å²) in [5, 5.41) is 12.6. The summed E-state index contributed by atoms with van der Waals surface area (Å²) in [6.45, 7) is 10.7. The summed E-state index contributed by atoms with van der Waals surface area (Å²) in [6.07, 6.45) is 2.96. The highest BCUT2D eigenvalue weighted by molar-refractivity contribution is 6.12. The monoisotopic (exact) mass is 467 g/mol. The molecule has 3 rings (SSSR count). The Hall–Kier alpha value is -4.75. The summed E-state index contributed by atoms with van der Waals surface area (Å²) in [7, 11) is 0. The van der Waals surface area contributed by atoms with Crippen molar-refractivity contribution in [1.82, 2.24) is 0 Å². The fraction of sp³-hybridized carbons (Fsp3) is 0.0357. The second kappa shape index (κ2) is 10.9. The molecule has 0 radical (unpaired) electrons. The number of amides is 3. The minimum absolute atomic E-state index is 0.204. The summed E-state index contributed by atoms with van der Waals surface area (Å²) in [5.41, 5.74) is 0.612. The van der Waals surface area contributed by atoms with Crippen molar-refractivity contribution in [3.63, 3.8) is 0 Å². The summed E-state index contributed by atoms with van der Waals surface area (Å²) in [6, 6.07) is 24.5. The molecule has 0 aliphatic heterocycles. The van der Waals surface area contributed by atoms with Gasteiger partial charge in [0.1, 0.15) is 0 Å². The van der Waals surface area contributed by atoms with Crippen molar-refractivity contribution in [2.75, 3.05) is 14.7 Å². The van der Waals surface area contributed by atoms with E-state index in [1.165, 1.54) is 0 Å². The molecule has 176 valence electrons. The average Bonchev–Trinajstić information content (AvgIpc) is 2.90. The number of hydrogen-bond acceptors (Lipinski definition) is 4. The summed E-state index contributed by atoms with van der Waals surface area (Å²) >= 11 is 0. The molecule has 0 spiro atoms. The second-order valence-corrected chi connectivity index (χ2v) is 7.24. The number of para-hydroxylation sites is 3. The molecule has 3 aromatic rings. The molecular weight excluding hydrogens is 442 g/mol. The van der Waals surface area contributed by atoms with Gasteiger partial charge in [-0.15, -0.1) is 0 Å². The molecule has 0 saturated carbocycles. The summed E-state index contributed by atoms with van der Waals surface area (Å²) in [4.78, 5) is 42.9. The number of nitrogens with zero attached hydrogens (tertiary/aromatic N) is 3. The maximum Gasteiger partial charge on any atom is 0.328 e. The van der Waals surface area contributed by atoms with E-state index in [0.717, 1.165) is 32.9 Å². The highest BCUT2D eigenvalue weighted by Crippen LogP contribution is 2.36. The topological polar surface area (TPSA) is 81.2 Å². The zero-order valence-corrected chi connectivity index (χ0v) is 19.0. The van der Waals surface area contributed by atoms with Gasteiger partial charge in [-0.3, -0.25) is 14.4 Å². The van der Waals surface area contributed by atoms with Gasteiger partial charge in [0, 0.05) is 0 Å². The van der Waals surface area contributed by atoms with Crippen molar-refractivity contribution in [3.8, 4) is 0 Å². The fourth-order valence-corrected chi connectivity index (χ4v) is 3.65. The van der Waals surface area contributed by atoms with Crippen LogP contribution in [0, 0.1) is 0 Å². The second-order valence-electron chi connectivity index (χ2n) is 7.24. The van der Waals surface area contributed by atoms with E-state index in [1.54, 1.807) is 91.0 Å². The normalized spacial score (nSPS) is 10.5. The molecule has 0 saturated heterocycles. The standard InChI is InChI=1S/C28H25N3O4/c1-4-25(32)29(22-16-10-7-11-17-22)28(35,30(26(33)5-2)23-18-12-8-13-19-23)31(27(34)6-3)24-20-14-9-15-21-24/h4-21,35H,1-3H2. The molecule has 0 heterocycles. The van der Waals surface area contributed by atoms with Crippen LogP contribution in [0.25, 0.3) is 0 Å². The van der Waals surface area contributed by atoms with Crippen LogP contribution in [0.15, 0.2) is 129 Å². The SMILES string of the molecule is C=CC(=O)N(c1ccccc1)C(O)(N(C(=O)C=C)c1ccccc1)N(C(=O)C=C)c1ccccc1. The lowest BCUT2D eigenvalue weighted by Crippen LogP contribution is -2.74. The van der Waals surface area contributed by atoms with Crippen LogP contribution in [0.4, 0.5) is 17.1 Å². The molecule has 0 bridgehead atoms. The Bertz CT molecular complexity index is 1070. The lowest BCUT2D eigenvalue weighted by molar-refractivity contribution is -0.127. The lowest BCUT2D eigenvalue weighted by Gasteiger charge is -2.50. The molecule has 35 heavy (non-hydrogen) atoms. The van der Waals surface area contributed by atoms with Crippen molar-refractivity contribution in [2.24, 2.45) is 0 Å². The Morgan fingerprint density at radius 2 is 0.771 bits per heavy atom. The van der Waals surface area contributed by atoms with E-state index < -0.39 is 23.7 Å². The number of hydrogen-bond donors (Lipinski definition) is 1. The quantitative estimate of drug-likeness (QED) is 0.377. The van der Waals surface area contributed by atoms with Crippen molar-refractivity contribution < 1.29 is 19.5 Å². The van der Waals surface area contributed by atoms with Gasteiger partial charge in [0.2, 0.25) is 0 Å². The van der Waals surface area contributed by atoms with Crippen molar-refractivity contribution in [2.45, 2.75) is 5.97 Å². The van der Waals surface area contributed by atoms with E-state index in [-0.39, 0.29) is 17.1 Å². The molecule has 0 fully saturated rings. The number of carbonyl (C=O) groups is 3. The van der Waals surface area contributed by atoms with E-state index in [0.29, 0.717) is 0 Å². The molecule has 0 unspecified atom stereocenters. The zero-order chi connectivity index (χ0) is 25.4. The van der Waals surface area contributed by atoms with Crippen molar-refractivity contribution in [3.05, 3.63) is 129 Å². The first-order chi connectivity index (χ1) is 16.9. The maximum atomic E-state index is 13.4. The first kappa shape index (κ1) is 24.9. The first-order valence-corrected chi connectivity index (χ1v) is 10.7. The molecule has 7 nitrogen and oxygen atoms in total. The highest BCUT2D eigenvalue weighted by Gasteiger charge is 2.53. The molecular formula is C28H25N3O4. The van der Waals surface area contributed by atoms with Crippen LogP contribution in [0.3, 0.4) is 0 Å². The minimum Gasteiger partial charge on any atom is -0.335 e. The van der Waals surface area contributed by atoms with Gasteiger partial charge in [-0.1, -0.05) is 74.3 Å². The van der Waals surface area contributed by atoms with E-state index >= 15 is 0 Å². The van der Waals surface area contributed by atoms with E-state index in [1.807, 2.05) is 0 Å². The summed E-state index contributed by atoms with van der Waals surface area (Å²) in [5.74, 6) is -5.04. The molecule has 3 amide bonds. The molecule has 0 aromatic heterocycles. The van der Waals surface area contributed by atoms with Crippen molar-refractivity contribution >= 4 is 34.8 Å². The van der Waals surface area contributed by atoms with Gasteiger partial charge in [0.05, 0.1) is 17.1 Å². The first-order valence-electron chi connectivity index (χ1n) is 10.7. The molecule has 0 aliphatic carbocycles. The van der Waals surface area contributed by atoms with Gasteiger partial charge in [-0.05, 0) is 54.6 Å². The van der Waals surface area contributed by atoms with E-state index in [4.69, 9.17) is 0 Å². The van der Waals surface area contributed by atoms with Gasteiger partial charge >= 0.3 is 5.97 Å². The van der Waals surface area contributed by atoms with Gasteiger partial charge < -0.3 is 5.11 Å². The molecule has 3 aromatic carbocycles. The Labute approximate surface area is 204 Å². The smallest absolute Gasteiger partial charge is 0.328 e. The fourth-order valence-electron chi connectivity index (χ4n) is 3.65. The van der Waals surface area contributed by atoms with E-state index in [2.05, 4.69) is 19.7 Å². The molecule has 0 atom stereocenters. The Kier molecular flexibility index (Phi) is 7.76. The largest absolute Gasteiger partial charge is 0.335 e. The van der Waals surface area contributed by atoms with Crippen LogP contribution in [0.5, 0.6) is 0 Å². The number of anilines is 3. The number of carbonyl (C=O) groups excluding carboxylic acids is 3. The summed E-state index contributed by atoms with van der Waals surface area (Å²) < 4.78 is 0. The predicted molar refractivity (Wildman–Crippen MR) is 137 cm³/mol. The third-order valence-corrected chi connectivity index (χ3v) is 5.13. The van der Waals surface area contributed by atoms with Gasteiger partial charge in [-0.2, -0.15) is 0 Å². The van der Waals surface area contributed by atoms with Crippen LogP contribution in [0.1, 0.15) is 0 Å². The zero-order valence-electron chi connectivity index (χ0n) is 19.0. The Morgan fingerprint density at radius 3 is 0.971 bits per heavy atom. The third kappa shape index (κ3) is 4.80. The molecule has 7 heteroatoms. The van der Waals surface area contributed by atoms with Crippen LogP contribution in [-0.2, 0) is 14.4 Å². The molecule has 1 N–H and O–H groups in total. The van der Waals surface area contributed by atoms with Crippen molar-refractivity contribution in [1.29, 1.82) is 0 Å². The van der Waals surface area contributed by atoms with Crippen LogP contribution >= 0.6 is 0 Å². The number of benzene rings is 3. The third-order valence-electron chi connectivity index (χ3n) is 5.13. The lowest BCUT2D eigenvalue weighted by atomic mass is 10.1. The van der Waals surface area contributed by atoms with Crippen LogP contribution < -0.4 is 14.7 Å².